The molecule has 0 amide bonds. The molecule has 1 aromatic carbocycles. The van der Waals surface area contributed by atoms with Crippen molar-refractivity contribution in [2.24, 2.45) is 11.3 Å². The molecule has 222 valence electrons. The van der Waals surface area contributed by atoms with Gasteiger partial charge in [0.05, 0.1) is 35.7 Å². The molecule has 11 heteroatoms. The molecule has 2 aliphatic heterocycles. The number of H-pyrrole nitrogens is 1. The first-order valence-corrected chi connectivity index (χ1v) is 15.3. The lowest BCUT2D eigenvalue weighted by molar-refractivity contribution is -0.159. The number of phenolic OH excluding ortho intramolecular Hbond substituents is 1. The third-order valence-electron chi connectivity index (χ3n) is 10.5. The number of nitrogens with one attached hydrogen (secondary N) is 1. The summed E-state index contributed by atoms with van der Waals surface area (Å²) in [7, 11) is 0. The molecule has 11 nitrogen and oxygen atoms in total. The average Bonchev–Trinajstić information content (AvgIpc) is 3.35. The van der Waals surface area contributed by atoms with E-state index in [1.165, 1.54) is 5.56 Å². The molecule has 43 heavy (non-hydrogen) atoms. The molecule has 3 fully saturated rings. The van der Waals surface area contributed by atoms with Crippen LogP contribution in [0.1, 0.15) is 49.9 Å². The average molecular weight is 581 g/mol. The van der Waals surface area contributed by atoms with Crippen LogP contribution in [0, 0.1) is 11.3 Å². The maximum atomic E-state index is 11.2. The largest absolute Gasteiger partial charge is 0.507 e. The number of hydrogen-bond acceptors (Lipinski definition) is 9. The highest BCUT2D eigenvalue weighted by atomic mass is 16.4. The summed E-state index contributed by atoms with van der Waals surface area (Å²) in [6.45, 7) is 6.91. The molecule has 4 aliphatic rings. The van der Waals surface area contributed by atoms with Gasteiger partial charge >= 0.3 is 5.97 Å². The highest BCUT2D eigenvalue weighted by Crippen LogP contribution is 2.60. The summed E-state index contributed by atoms with van der Waals surface area (Å²) in [5.74, 6) is 0.168. The molecule has 3 aromatic heterocycles. The van der Waals surface area contributed by atoms with E-state index in [0.717, 1.165) is 93.2 Å². The number of aromatic nitrogens is 5. The number of piperazine rings is 1. The van der Waals surface area contributed by atoms with Gasteiger partial charge in [-0.2, -0.15) is 0 Å². The number of aromatic hydroxyl groups is 1. The summed E-state index contributed by atoms with van der Waals surface area (Å²) in [5.41, 5.74) is 5.76. The number of carbonyl (C=O) groups is 1. The third-order valence-corrected chi connectivity index (χ3v) is 10.5. The SMILES string of the molecule is C[C@@H]1c2c([nH]c3nnc(-c4ccccc4O)cc23)CCN1c1ncc(N2CCN(C3CC4(CC(C(=O)O)C4)C3)CC2)cn1. The lowest BCUT2D eigenvalue weighted by Crippen LogP contribution is -2.60. The van der Waals surface area contributed by atoms with Crippen molar-refractivity contribution in [3.05, 3.63) is 54.0 Å². The van der Waals surface area contributed by atoms with E-state index >= 15 is 0 Å². The van der Waals surface area contributed by atoms with Gasteiger partial charge < -0.3 is 25.0 Å². The van der Waals surface area contributed by atoms with Crippen molar-refractivity contribution < 1.29 is 15.0 Å². The minimum absolute atomic E-state index is 0.0422. The minimum Gasteiger partial charge on any atom is -0.507 e. The summed E-state index contributed by atoms with van der Waals surface area (Å²) in [5, 5.41) is 29.4. The van der Waals surface area contributed by atoms with Crippen molar-refractivity contribution in [2.45, 2.75) is 51.1 Å². The van der Waals surface area contributed by atoms with Crippen molar-refractivity contribution in [1.29, 1.82) is 0 Å². The first kappa shape index (κ1) is 26.4. The van der Waals surface area contributed by atoms with Gasteiger partial charge in [0.25, 0.3) is 0 Å². The van der Waals surface area contributed by atoms with Crippen LogP contribution >= 0.6 is 0 Å². The molecule has 0 radical (unpaired) electrons. The Morgan fingerprint density at radius 3 is 2.47 bits per heavy atom. The topological polar surface area (TPSA) is 135 Å². The van der Waals surface area contributed by atoms with Crippen LogP contribution in [0.15, 0.2) is 42.7 Å². The lowest BCUT2D eigenvalue weighted by atomic mass is 9.49. The number of nitrogens with zero attached hydrogens (tertiary/aromatic N) is 7. The van der Waals surface area contributed by atoms with E-state index in [9.17, 15) is 15.0 Å². The second-order valence-corrected chi connectivity index (χ2v) is 12.9. The maximum absolute atomic E-state index is 11.2. The number of benzene rings is 1. The Morgan fingerprint density at radius 1 is 1.00 bits per heavy atom. The molecule has 2 aliphatic carbocycles. The van der Waals surface area contributed by atoms with Gasteiger partial charge in [0, 0.05) is 67.4 Å². The monoisotopic (exact) mass is 580 g/mol. The van der Waals surface area contributed by atoms with Crippen molar-refractivity contribution in [3.8, 4) is 17.0 Å². The molecule has 4 aromatic rings. The number of aliphatic carboxylic acids is 1. The first-order valence-electron chi connectivity index (χ1n) is 15.3. The van der Waals surface area contributed by atoms with Crippen LogP contribution in [0.3, 0.4) is 0 Å². The predicted molar refractivity (Wildman–Crippen MR) is 162 cm³/mol. The lowest BCUT2D eigenvalue weighted by Gasteiger charge is -2.60. The van der Waals surface area contributed by atoms with E-state index in [-0.39, 0.29) is 17.7 Å². The summed E-state index contributed by atoms with van der Waals surface area (Å²) in [6.07, 6.45) is 8.79. The van der Waals surface area contributed by atoms with Gasteiger partial charge in [0.1, 0.15) is 5.75 Å². The van der Waals surface area contributed by atoms with Crippen molar-refractivity contribution >= 4 is 28.6 Å². The first-order chi connectivity index (χ1) is 20.9. The number of rotatable bonds is 5. The van der Waals surface area contributed by atoms with Crippen LogP contribution < -0.4 is 9.80 Å². The van der Waals surface area contributed by atoms with Gasteiger partial charge in [0.2, 0.25) is 5.95 Å². The van der Waals surface area contributed by atoms with Gasteiger partial charge in [0.15, 0.2) is 5.65 Å². The zero-order valence-electron chi connectivity index (χ0n) is 24.3. The van der Waals surface area contributed by atoms with Crippen LogP contribution in [-0.2, 0) is 11.2 Å². The second-order valence-electron chi connectivity index (χ2n) is 12.9. The van der Waals surface area contributed by atoms with Crippen LogP contribution in [0.2, 0.25) is 0 Å². The molecule has 2 saturated carbocycles. The predicted octanol–water partition coefficient (Wildman–Crippen LogP) is 4.01. The van der Waals surface area contributed by atoms with Gasteiger partial charge in [-0.15, -0.1) is 10.2 Å². The fourth-order valence-corrected chi connectivity index (χ4v) is 8.08. The fraction of sp³-hybridized carbons (Fsp3) is 0.469. The quantitative estimate of drug-likeness (QED) is 0.318. The fourth-order valence-electron chi connectivity index (χ4n) is 8.08. The Bertz CT molecular complexity index is 1680. The summed E-state index contributed by atoms with van der Waals surface area (Å²) >= 11 is 0. The molecule has 1 atom stereocenters. The van der Waals surface area contributed by atoms with E-state index in [0.29, 0.717) is 22.7 Å². The Morgan fingerprint density at radius 2 is 1.74 bits per heavy atom. The Kier molecular flexibility index (Phi) is 6.08. The standard InChI is InChI=1S/C32H36N8O3/c1-19-28-24-12-26(23-4-2-3-5-27(23)41)36-37-29(24)35-25(28)6-7-40(19)31-33-17-22(18-34-31)39-10-8-38(9-11-39)21-15-32(16-21)13-20(14-32)30(42)43/h2-5,12,17-21,41H,6-11,13-16H2,1H3,(H,35,37)(H,42,43)/t19-,20?,21?,32?/m1/s1. The van der Waals surface area contributed by atoms with Crippen LogP contribution in [0.25, 0.3) is 22.3 Å². The molecule has 3 N–H and O–H groups in total. The summed E-state index contributed by atoms with van der Waals surface area (Å²) < 4.78 is 0. The number of phenols is 1. The van der Waals surface area contributed by atoms with Crippen LogP contribution in [0.4, 0.5) is 11.6 Å². The molecule has 8 rings (SSSR count). The number of aromatic amines is 1. The smallest absolute Gasteiger partial charge is 0.306 e. The Labute approximate surface area is 249 Å². The Hall–Kier alpha value is -4.25. The van der Waals surface area contributed by atoms with Gasteiger partial charge in [-0.05, 0) is 56.2 Å². The van der Waals surface area contributed by atoms with Crippen molar-refractivity contribution in [2.75, 3.05) is 42.5 Å². The molecule has 1 spiro atoms. The highest BCUT2D eigenvalue weighted by molar-refractivity contribution is 5.86. The van der Waals surface area contributed by atoms with E-state index in [2.05, 4.69) is 36.8 Å². The third kappa shape index (κ3) is 4.40. The zero-order chi connectivity index (χ0) is 29.3. The molecular formula is C32H36N8O3. The zero-order valence-corrected chi connectivity index (χ0v) is 24.3. The van der Waals surface area contributed by atoms with Crippen molar-refractivity contribution in [3.63, 3.8) is 0 Å². The van der Waals surface area contributed by atoms with E-state index in [1.807, 2.05) is 30.6 Å². The number of fused-ring (bicyclic) bond motifs is 3. The number of anilines is 2. The summed E-state index contributed by atoms with van der Waals surface area (Å²) in [4.78, 5) is 31.5. The highest BCUT2D eigenvalue weighted by Gasteiger charge is 2.56. The molecule has 0 bridgehead atoms. The normalized spacial score (nSPS) is 27.1. The molecule has 1 saturated heterocycles. The van der Waals surface area contributed by atoms with E-state index in [1.54, 1.807) is 12.1 Å². The van der Waals surface area contributed by atoms with Gasteiger partial charge in [-0.1, -0.05) is 12.1 Å². The van der Waals surface area contributed by atoms with E-state index < -0.39 is 5.97 Å². The van der Waals surface area contributed by atoms with E-state index in [4.69, 9.17) is 9.97 Å². The number of para-hydroxylation sites is 1. The molecule has 5 heterocycles. The number of hydrogen-bond donors (Lipinski definition) is 3. The molecule has 0 unspecified atom stereocenters. The maximum Gasteiger partial charge on any atom is 0.306 e. The van der Waals surface area contributed by atoms with Gasteiger partial charge in [-0.25, -0.2) is 9.97 Å². The number of carboxylic acids is 1. The minimum atomic E-state index is -0.623. The second kappa shape index (κ2) is 9.90. The molecular weight excluding hydrogens is 544 g/mol. The Balaban J connectivity index is 0.932. The van der Waals surface area contributed by atoms with Crippen LogP contribution in [0.5, 0.6) is 5.75 Å². The van der Waals surface area contributed by atoms with Gasteiger partial charge in [-0.3, -0.25) is 9.69 Å². The summed E-state index contributed by atoms with van der Waals surface area (Å²) in [6, 6.07) is 9.86. The number of carboxylic acid groups (broad SMARTS) is 1. The van der Waals surface area contributed by atoms with Crippen LogP contribution in [-0.4, -0.2) is 85.0 Å². The van der Waals surface area contributed by atoms with Crippen molar-refractivity contribution in [1.82, 2.24) is 30.0 Å².